The summed E-state index contributed by atoms with van der Waals surface area (Å²) in [5.74, 6) is -2.53. The van der Waals surface area contributed by atoms with Crippen LogP contribution in [0.2, 0.25) is 0 Å². The number of likely N-dealkylation sites (tertiary alicyclic amines) is 1. The van der Waals surface area contributed by atoms with Crippen molar-refractivity contribution in [1.82, 2.24) is 10.2 Å². The number of piperidine rings is 1. The summed E-state index contributed by atoms with van der Waals surface area (Å²) in [7, 11) is 0. The van der Waals surface area contributed by atoms with Crippen molar-refractivity contribution in [2.24, 2.45) is 11.7 Å². The maximum atomic E-state index is 12.8. The third-order valence-electron chi connectivity index (χ3n) is 5.01. The molecule has 1 saturated heterocycles. The normalized spacial score (nSPS) is 28.0. The molecule has 2 heterocycles. The van der Waals surface area contributed by atoms with E-state index < -0.39 is 60.7 Å². The summed E-state index contributed by atoms with van der Waals surface area (Å²) >= 11 is 0. The molecule has 1 fully saturated rings. The zero-order valence-electron chi connectivity index (χ0n) is 15.5. The highest BCUT2D eigenvalue weighted by atomic mass is 16.5. The van der Waals surface area contributed by atoms with Gasteiger partial charge in [0.2, 0.25) is 5.91 Å². The van der Waals surface area contributed by atoms with Gasteiger partial charge in [-0.15, -0.1) is 0 Å². The number of amides is 2. The Balaban J connectivity index is 2.17. The monoisotopic (exact) mass is 401 g/mol. The lowest BCUT2D eigenvalue weighted by atomic mass is 9.92. The van der Waals surface area contributed by atoms with Gasteiger partial charge in [-0.25, -0.2) is 0 Å². The second-order valence-corrected chi connectivity index (χ2v) is 7.06. The fraction of sp³-hybridized carbons (Fsp3) is 0.706. The van der Waals surface area contributed by atoms with Crippen LogP contribution in [-0.4, -0.2) is 93.2 Å². The molecule has 0 saturated carbocycles. The topological polar surface area (TPSA) is 183 Å². The maximum Gasteiger partial charge on any atom is 0.306 e. The molecule has 2 aliphatic rings. The van der Waals surface area contributed by atoms with Gasteiger partial charge in [0.15, 0.2) is 5.76 Å². The number of carboxylic acids is 1. The molecule has 158 valence electrons. The second kappa shape index (κ2) is 9.32. The van der Waals surface area contributed by atoms with Crippen molar-refractivity contribution in [3.63, 3.8) is 0 Å². The Kier molecular flexibility index (Phi) is 7.35. The smallest absolute Gasteiger partial charge is 0.306 e. The number of nitrogens with one attached hydrogen (secondary N) is 1. The summed E-state index contributed by atoms with van der Waals surface area (Å²) in [5.41, 5.74) is 6.04. The van der Waals surface area contributed by atoms with Crippen molar-refractivity contribution in [2.45, 2.75) is 50.2 Å². The molecule has 0 spiro atoms. The van der Waals surface area contributed by atoms with Crippen LogP contribution in [0.25, 0.3) is 0 Å². The summed E-state index contributed by atoms with van der Waals surface area (Å²) < 4.78 is 5.58. The molecule has 2 rings (SSSR count). The highest BCUT2D eigenvalue weighted by Gasteiger charge is 2.43. The molecule has 11 nitrogen and oxygen atoms in total. The molecule has 0 aromatic rings. The van der Waals surface area contributed by atoms with Gasteiger partial charge in [-0.1, -0.05) is 0 Å². The number of carbonyl (C=O) groups excluding carboxylic acids is 2. The van der Waals surface area contributed by atoms with E-state index in [4.69, 9.17) is 20.7 Å². The number of aliphatic hydroxyl groups excluding tert-OH is 3. The molecule has 28 heavy (non-hydrogen) atoms. The Bertz CT molecular complexity index is 632. The zero-order valence-corrected chi connectivity index (χ0v) is 15.5. The van der Waals surface area contributed by atoms with Gasteiger partial charge in [-0.3, -0.25) is 14.4 Å². The summed E-state index contributed by atoms with van der Waals surface area (Å²) in [6, 6.07) is -1.82. The van der Waals surface area contributed by atoms with Gasteiger partial charge < -0.3 is 41.1 Å². The molecule has 0 bridgehead atoms. The number of nitrogens with two attached hydrogens (primary N) is 1. The van der Waals surface area contributed by atoms with Gasteiger partial charge in [0.1, 0.15) is 18.3 Å². The summed E-state index contributed by atoms with van der Waals surface area (Å²) in [4.78, 5) is 36.7. The van der Waals surface area contributed by atoms with Crippen LogP contribution in [0.1, 0.15) is 19.8 Å². The molecule has 0 unspecified atom stereocenters. The first-order valence-electron chi connectivity index (χ1n) is 9.06. The molecule has 5 atom stereocenters. The van der Waals surface area contributed by atoms with E-state index in [1.165, 1.54) is 17.9 Å². The minimum absolute atomic E-state index is 0.155. The fourth-order valence-electron chi connectivity index (χ4n) is 3.39. The van der Waals surface area contributed by atoms with Gasteiger partial charge in [0, 0.05) is 20.0 Å². The minimum Gasteiger partial charge on any atom is -0.481 e. The predicted octanol–water partition coefficient (Wildman–Crippen LogP) is -2.86. The number of carboxylic acid groups (broad SMARTS) is 1. The van der Waals surface area contributed by atoms with Crippen LogP contribution in [0, 0.1) is 5.92 Å². The molecule has 0 aromatic heterocycles. The summed E-state index contributed by atoms with van der Waals surface area (Å²) in [6.45, 7) is 0.953. The molecule has 7 N–H and O–H groups in total. The molecule has 11 heteroatoms. The Morgan fingerprint density at radius 2 is 1.93 bits per heavy atom. The first kappa shape index (κ1) is 22.1. The molecular formula is C17H27N3O8. The van der Waals surface area contributed by atoms with Crippen molar-refractivity contribution in [2.75, 3.05) is 19.7 Å². The van der Waals surface area contributed by atoms with Crippen LogP contribution in [0.3, 0.4) is 0 Å². The highest BCUT2D eigenvalue weighted by Crippen LogP contribution is 2.25. The molecule has 0 aliphatic carbocycles. The van der Waals surface area contributed by atoms with E-state index in [-0.39, 0.29) is 18.8 Å². The lowest BCUT2D eigenvalue weighted by molar-refractivity contribution is -0.148. The van der Waals surface area contributed by atoms with E-state index in [0.717, 1.165) is 0 Å². The van der Waals surface area contributed by atoms with Crippen molar-refractivity contribution in [1.29, 1.82) is 0 Å². The third-order valence-corrected chi connectivity index (χ3v) is 5.01. The van der Waals surface area contributed by atoms with E-state index in [1.807, 2.05) is 0 Å². The van der Waals surface area contributed by atoms with Crippen molar-refractivity contribution < 1.29 is 39.5 Å². The van der Waals surface area contributed by atoms with Gasteiger partial charge >= 0.3 is 5.97 Å². The number of aliphatic hydroxyl groups is 3. The number of aliphatic carboxylic acids is 1. The average Bonchev–Trinajstić information content (AvgIpc) is 2.67. The van der Waals surface area contributed by atoms with Gasteiger partial charge in [-0.2, -0.15) is 0 Å². The van der Waals surface area contributed by atoms with Crippen LogP contribution in [-0.2, 0) is 19.1 Å². The van der Waals surface area contributed by atoms with Gasteiger partial charge in [-0.05, 0) is 18.9 Å². The van der Waals surface area contributed by atoms with Crippen molar-refractivity contribution in [3.8, 4) is 0 Å². The number of rotatable bonds is 6. The SMILES string of the molecule is CC(=O)N[C@H]1[C@H]([C@H](O)[C@H](O)CO)OC(C(=O)N2CCC(C(=O)O)CC2)=C[C@@H]1N. The first-order valence-corrected chi connectivity index (χ1v) is 9.06. The van der Waals surface area contributed by atoms with Crippen LogP contribution < -0.4 is 11.1 Å². The Labute approximate surface area is 161 Å². The highest BCUT2D eigenvalue weighted by molar-refractivity contribution is 5.92. The Morgan fingerprint density at radius 1 is 1.32 bits per heavy atom. The van der Waals surface area contributed by atoms with E-state index in [1.54, 1.807) is 0 Å². The lowest BCUT2D eigenvalue weighted by Gasteiger charge is -2.40. The Hall–Kier alpha value is -2.21. The number of nitrogens with zero attached hydrogens (tertiary/aromatic N) is 1. The van der Waals surface area contributed by atoms with Crippen molar-refractivity contribution in [3.05, 3.63) is 11.8 Å². The third kappa shape index (κ3) is 4.98. The average molecular weight is 401 g/mol. The number of hydrogen-bond donors (Lipinski definition) is 6. The number of carbonyl (C=O) groups is 3. The van der Waals surface area contributed by atoms with E-state index in [9.17, 15) is 24.6 Å². The quantitative estimate of drug-likeness (QED) is 0.272. The van der Waals surface area contributed by atoms with E-state index in [0.29, 0.717) is 12.8 Å². The van der Waals surface area contributed by atoms with E-state index >= 15 is 0 Å². The first-order chi connectivity index (χ1) is 13.1. The maximum absolute atomic E-state index is 12.8. The fourth-order valence-corrected chi connectivity index (χ4v) is 3.39. The summed E-state index contributed by atoms with van der Waals surface area (Å²) in [5, 5.41) is 40.7. The standard InChI is InChI=1S/C17H27N3O8/c1-8(22)19-13-10(18)6-12(28-15(13)14(24)11(23)7-21)16(25)20-4-2-9(3-5-20)17(26)27/h6,9-11,13-15,21,23-24H,2-5,7,18H2,1H3,(H,19,22)(H,26,27)/t10-,11+,13+,14+,15+/m0/s1. The molecule has 2 amide bonds. The van der Waals surface area contributed by atoms with E-state index in [2.05, 4.69) is 5.32 Å². The van der Waals surface area contributed by atoms with Crippen LogP contribution in [0.5, 0.6) is 0 Å². The van der Waals surface area contributed by atoms with Crippen LogP contribution in [0.4, 0.5) is 0 Å². The molecule has 0 radical (unpaired) electrons. The van der Waals surface area contributed by atoms with Crippen LogP contribution >= 0.6 is 0 Å². The largest absolute Gasteiger partial charge is 0.481 e. The van der Waals surface area contributed by atoms with Gasteiger partial charge in [0.25, 0.3) is 5.91 Å². The van der Waals surface area contributed by atoms with Crippen LogP contribution in [0.15, 0.2) is 11.8 Å². The Morgan fingerprint density at radius 3 is 2.43 bits per heavy atom. The van der Waals surface area contributed by atoms with Gasteiger partial charge in [0.05, 0.1) is 24.6 Å². The molecular weight excluding hydrogens is 374 g/mol. The number of ether oxygens (including phenoxy) is 1. The summed E-state index contributed by atoms with van der Waals surface area (Å²) in [6.07, 6.45) is -2.49. The zero-order chi connectivity index (χ0) is 21.0. The predicted molar refractivity (Wildman–Crippen MR) is 94.6 cm³/mol. The molecule has 0 aromatic carbocycles. The second-order valence-electron chi connectivity index (χ2n) is 7.06. The number of hydrogen-bond acceptors (Lipinski definition) is 8. The lowest BCUT2D eigenvalue weighted by Crippen LogP contribution is -2.62. The minimum atomic E-state index is -1.61. The van der Waals surface area contributed by atoms with Crippen molar-refractivity contribution >= 4 is 17.8 Å². The molecule has 2 aliphatic heterocycles.